The van der Waals surface area contributed by atoms with E-state index in [1.54, 1.807) is 0 Å². The number of para-hydroxylation sites is 4. The Morgan fingerprint density at radius 1 is 0.200 bits per heavy atom. The van der Waals surface area contributed by atoms with Crippen molar-refractivity contribution >= 4 is 87.2 Å². The summed E-state index contributed by atoms with van der Waals surface area (Å²) in [6.45, 7) is 0. The normalized spacial score (nSPS) is 11.7. The van der Waals surface area contributed by atoms with E-state index in [2.05, 4.69) is 249 Å². The third kappa shape index (κ3) is 6.90. The lowest BCUT2D eigenvalue weighted by Gasteiger charge is -2.10. The number of aromatic nitrogens is 4. The SMILES string of the molecule is N#Cc1ccc(-n2c3ccccc3c3cc(-c4ccc5c(c4)c4cc(-c6ccc7c(c6)c6cc(-c8ccc9c(c8)c8ccccc8n9-c8ccc(C#N)cc8)ccc6n7-c6ccccc6)ccc4n5-c4ccccc4)ccc32)cc1. The molecular formula is C74H44N6. The molecule has 0 bridgehead atoms. The van der Waals surface area contributed by atoms with E-state index in [0.29, 0.717) is 11.1 Å². The van der Waals surface area contributed by atoms with E-state index < -0.39 is 0 Å². The van der Waals surface area contributed by atoms with Crippen LogP contribution < -0.4 is 0 Å². The van der Waals surface area contributed by atoms with Gasteiger partial charge in [-0.05, 0) is 191 Å². The van der Waals surface area contributed by atoms with Crippen molar-refractivity contribution in [1.29, 1.82) is 10.5 Å². The number of hydrogen-bond donors (Lipinski definition) is 0. The summed E-state index contributed by atoms with van der Waals surface area (Å²) in [5, 5.41) is 28.5. The molecule has 0 spiro atoms. The topological polar surface area (TPSA) is 67.3 Å². The minimum Gasteiger partial charge on any atom is -0.309 e. The van der Waals surface area contributed by atoms with E-state index in [0.717, 1.165) is 100 Å². The van der Waals surface area contributed by atoms with E-state index >= 15 is 0 Å². The van der Waals surface area contributed by atoms with E-state index in [1.165, 1.54) is 43.1 Å². The minimum atomic E-state index is 0.644. The number of nitriles is 2. The largest absolute Gasteiger partial charge is 0.309 e. The predicted molar refractivity (Wildman–Crippen MR) is 330 cm³/mol. The highest BCUT2D eigenvalue weighted by Crippen LogP contribution is 2.43. The molecule has 6 heteroatoms. The number of benzene rings is 12. The minimum absolute atomic E-state index is 0.644. The van der Waals surface area contributed by atoms with Crippen LogP contribution in [0.3, 0.4) is 0 Å². The molecule has 0 aliphatic heterocycles. The van der Waals surface area contributed by atoms with Gasteiger partial charge in [-0.15, -0.1) is 0 Å². The standard InChI is InChI=1S/C74H44N6/c75-45-47-19-29-57(30-20-47)79-67-17-9-7-15-59(67)61-39-49(23-33-69(61)79)51-25-35-71-63(41-51)65-43-53(27-37-73(65)77(71)55-11-3-1-4-12-55)54-28-38-74-66(44-54)64-42-52(26-36-72(64)78(74)56-13-5-2-6-14-56)50-24-34-70-62(40-50)60-16-8-10-18-68(60)80(70)58-31-21-48(46-76)22-32-58/h1-44H. The summed E-state index contributed by atoms with van der Waals surface area (Å²) in [6, 6.07) is 100. The molecule has 0 saturated heterocycles. The third-order valence-corrected chi connectivity index (χ3v) is 16.4. The maximum atomic E-state index is 9.54. The second-order valence-electron chi connectivity index (χ2n) is 20.8. The summed E-state index contributed by atoms with van der Waals surface area (Å²) >= 11 is 0. The lowest BCUT2D eigenvalue weighted by molar-refractivity contribution is 1.18. The Morgan fingerprint density at radius 2 is 0.425 bits per heavy atom. The van der Waals surface area contributed by atoms with Gasteiger partial charge in [0.2, 0.25) is 0 Å². The maximum Gasteiger partial charge on any atom is 0.0991 e. The second-order valence-corrected chi connectivity index (χ2v) is 20.8. The first kappa shape index (κ1) is 45.1. The fraction of sp³-hybridized carbons (Fsp3) is 0. The van der Waals surface area contributed by atoms with Gasteiger partial charge >= 0.3 is 0 Å². The molecule has 0 N–H and O–H groups in total. The highest BCUT2D eigenvalue weighted by Gasteiger charge is 2.20. The average Bonchev–Trinajstić information content (AvgIpc) is 4.29. The lowest BCUT2D eigenvalue weighted by Crippen LogP contribution is -1.94. The van der Waals surface area contributed by atoms with Crippen molar-refractivity contribution in [3.05, 3.63) is 278 Å². The van der Waals surface area contributed by atoms with Crippen LogP contribution in [-0.4, -0.2) is 18.3 Å². The van der Waals surface area contributed by atoms with Crippen LogP contribution in [0.15, 0.2) is 267 Å². The van der Waals surface area contributed by atoms with Crippen molar-refractivity contribution in [3.63, 3.8) is 0 Å². The number of nitrogens with zero attached hydrogens (tertiary/aromatic N) is 6. The smallest absolute Gasteiger partial charge is 0.0991 e. The molecule has 0 fully saturated rings. The zero-order valence-electron chi connectivity index (χ0n) is 43.1. The molecular weight excluding hydrogens is 973 g/mol. The first-order valence-corrected chi connectivity index (χ1v) is 26.9. The molecule has 0 aliphatic rings. The maximum absolute atomic E-state index is 9.54. The quantitative estimate of drug-likeness (QED) is 0.160. The van der Waals surface area contributed by atoms with Crippen LogP contribution in [0.4, 0.5) is 0 Å². The molecule has 0 aliphatic carbocycles. The molecule has 0 amide bonds. The lowest BCUT2D eigenvalue weighted by atomic mass is 9.98. The predicted octanol–water partition coefficient (Wildman–Crippen LogP) is 18.8. The van der Waals surface area contributed by atoms with E-state index in [-0.39, 0.29) is 0 Å². The Labute approximate surface area is 459 Å². The molecule has 4 aromatic heterocycles. The average molecular weight is 1020 g/mol. The Hall–Kier alpha value is -11.2. The van der Waals surface area contributed by atoms with E-state index in [1.807, 2.05) is 48.5 Å². The van der Waals surface area contributed by atoms with Crippen LogP contribution in [0.2, 0.25) is 0 Å². The summed E-state index contributed by atoms with van der Waals surface area (Å²) in [5.41, 5.74) is 21.5. The Kier molecular flexibility index (Phi) is 9.96. The summed E-state index contributed by atoms with van der Waals surface area (Å²) in [5.74, 6) is 0. The molecule has 16 aromatic rings. The zero-order chi connectivity index (χ0) is 53.0. The van der Waals surface area contributed by atoms with Gasteiger partial charge in [0, 0.05) is 65.8 Å². The zero-order valence-corrected chi connectivity index (χ0v) is 43.1. The van der Waals surface area contributed by atoms with Crippen molar-refractivity contribution < 1.29 is 0 Å². The van der Waals surface area contributed by atoms with Crippen LogP contribution in [0, 0.1) is 22.7 Å². The highest BCUT2D eigenvalue weighted by molar-refractivity contribution is 6.16. The van der Waals surface area contributed by atoms with Crippen LogP contribution in [0.1, 0.15) is 11.1 Å². The molecule has 80 heavy (non-hydrogen) atoms. The summed E-state index contributed by atoms with van der Waals surface area (Å²) in [4.78, 5) is 0. The highest BCUT2D eigenvalue weighted by atomic mass is 15.0. The molecule has 370 valence electrons. The molecule has 0 atom stereocenters. The van der Waals surface area contributed by atoms with Gasteiger partial charge in [-0.3, -0.25) is 0 Å². The fourth-order valence-corrected chi connectivity index (χ4v) is 12.7. The first-order valence-electron chi connectivity index (χ1n) is 26.9. The number of hydrogen-bond acceptors (Lipinski definition) is 2. The van der Waals surface area contributed by atoms with Crippen molar-refractivity contribution in [1.82, 2.24) is 18.3 Å². The Morgan fingerprint density at radius 3 is 0.700 bits per heavy atom. The Bertz CT molecular complexity index is 4960. The summed E-state index contributed by atoms with van der Waals surface area (Å²) < 4.78 is 9.39. The van der Waals surface area contributed by atoms with Crippen LogP contribution in [0.5, 0.6) is 0 Å². The summed E-state index contributed by atoms with van der Waals surface area (Å²) in [7, 11) is 0. The van der Waals surface area contributed by atoms with Crippen LogP contribution in [0.25, 0.3) is 143 Å². The monoisotopic (exact) mass is 1020 g/mol. The fourth-order valence-electron chi connectivity index (χ4n) is 12.7. The third-order valence-electron chi connectivity index (χ3n) is 16.4. The molecule has 0 radical (unpaired) electrons. The van der Waals surface area contributed by atoms with Gasteiger partial charge in [0.25, 0.3) is 0 Å². The molecule has 4 heterocycles. The molecule has 6 nitrogen and oxygen atoms in total. The van der Waals surface area contributed by atoms with Gasteiger partial charge in [0.1, 0.15) is 0 Å². The molecule has 0 unspecified atom stereocenters. The van der Waals surface area contributed by atoms with Gasteiger partial charge in [-0.2, -0.15) is 10.5 Å². The van der Waals surface area contributed by atoms with Crippen molar-refractivity contribution in [2.45, 2.75) is 0 Å². The number of rotatable bonds is 7. The van der Waals surface area contributed by atoms with Crippen LogP contribution >= 0.6 is 0 Å². The van der Waals surface area contributed by atoms with E-state index in [4.69, 9.17) is 0 Å². The molecule has 12 aromatic carbocycles. The second kappa shape index (κ2) is 17.7. The van der Waals surface area contributed by atoms with Gasteiger partial charge < -0.3 is 18.3 Å². The Balaban J connectivity index is 0.850. The molecule has 16 rings (SSSR count). The van der Waals surface area contributed by atoms with Gasteiger partial charge in [0.05, 0.1) is 67.4 Å². The van der Waals surface area contributed by atoms with Crippen molar-refractivity contribution in [3.8, 4) is 68.3 Å². The van der Waals surface area contributed by atoms with Crippen molar-refractivity contribution in [2.75, 3.05) is 0 Å². The number of fused-ring (bicyclic) bond motifs is 12. The molecule has 0 saturated carbocycles. The van der Waals surface area contributed by atoms with Gasteiger partial charge in [-0.25, -0.2) is 0 Å². The van der Waals surface area contributed by atoms with Crippen molar-refractivity contribution in [2.24, 2.45) is 0 Å². The van der Waals surface area contributed by atoms with E-state index in [9.17, 15) is 10.5 Å². The first-order chi connectivity index (χ1) is 39.6. The van der Waals surface area contributed by atoms with Gasteiger partial charge in [-0.1, -0.05) is 109 Å². The summed E-state index contributed by atoms with van der Waals surface area (Å²) in [6.07, 6.45) is 0. The van der Waals surface area contributed by atoms with Gasteiger partial charge in [0.15, 0.2) is 0 Å². The van der Waals surface area contributed by atoms with Crippen LogP contribution in [-0.2, 0) is 0 Å².